The molecule has 1 aliphatic rings. The van der Waals surface area contributed by atoms with Gasteiger partial charge in [0.15, 0.2) is 0 Å². The minimum atomic E-state index is -0.0770. The Morgan fingerprint density at radius 3 is 2.88 bits per heavy atom. The fourth-order valence-electron chi connectivity index (χ4n) is 1.68. The van der Waals surface area contributed by atoms with Gasteiger partial charge >= 0.3 is 0 Å². The van der Waals surface area contributed by atoms with Gasteiger partial charge in [0.2, 0.25) is 0 Å². The Balaban J connectivity index is 1.99. The number of nitrogens with one attached hydrogen (secondary N) is 1. The first-order valence-corrected chi connectivity index (χ1v) is 6.04. The number of halogens is 1. The van der Waals surface area contributed by atoms with E-state index in [9.17, 15) is 4.79 Å². The van der Waals surface area contributed by atoms with Gasteiger partial charge in [-0.05, 0) is 28.8 Å². The number of carbonyl (C=O) groups excluding carboxylic acids is 1. The van der Waals surface area contributed by atoms with E-state index in [4.69, 9.17) is 4.74 Å². The van der Waals surface area contributed by atoms with Gasteiger partial charge in [-0.2, -0.15) is 5.10 Å². The first kappa shape index (κ1) is 11.6. The third-order valence-electron chi connectivity index (χ3n) is 2.67. The minimum Gasteiger partial charge on any atom is -0.381 e. The van der Waals surface area contributed by atoms with E-state index < -0.39 is 0 Å². The Labute approximate surface area is 102 Å². The van der Waals surface area contributed by atoms with Crippen LogP contribution in [-0.2, 0) is 11.8 Å². The van der Waals surface area contributed by atoms with Gasteiger partial charge < -0.3 is 10.1 Å². The molecule has 1 saturated heterocycles. The topological polar surface area (TPSA) is 56.2 Å². The molecule has 1 amide bonds. The van der Waals surface area contributed by atoms with Gasteiger partial charge in [-0.25, -0.2) is 0 Å². The molecular weight excluding hydrogens is 274 g/mol. The van der Waals surface area contributed by atoms with Gasteiger partial charge in [0.05, 0.1) is 11.8 Å². The summed E-state index contributed by atoms with van der Waals surface area (Å²) in [7, 11) is 1.79. The van der Waals surface area contributed by atoms with Crippen molar-refractivity contribution in [3.05, 3.63) is 16.4 Å². The molecule has 2 heterocycles. The Morgan fingerprint density at radius 1 is 1.62 bits per heavy atom. The second-order valence-electron chi connectivity index (χ2n) is 3.83. The van der Waals surface area contributed by atoms with Crippen LogP contribution in [0.3, 0.4) is 0 Å². The average molecular weight is 288 g/mol. The molecule has 1 fully saturated rings. The molecule has 0 atom stereocenters. The maximum absolute atomic E-state index is 11.9. The van der Waals surface area contributed by atoms with Gasteiger partial charge in [-0.15, -0.1) is 0 Å². The number of hydrogen-bond donors (Lipinski definition) is 1. The first-order chi connectivity index (χ1) is 7.68. The number of hydrogen-bond acceptors (Lipinski definition) is 3. The lowest BCUT2D eigenvalue weighted by Crippen LogP contribution is -2.38. The third kappa shape index (κ3) is 2.44. The van der Waals surface area contributed by atoms with E-state index in [1.54, 1.807) is 17.9 Å². The highest BCUT2D eigenvalue weighted by Gasteiger charge is 2.19. The zero-order valence-corrected chi connectivity index (χ0v) is 10.7. The van der Waals surface area contributed by atoms with Crippen molar-refractivity contribution in [2.45, 2.75) is 18.9 Å². The molecule has 0 aliphatic carbocycles. The maximum Gasteiger partial charge on any atom is 0.255 e. The zero-order chi connectivity index (χ0) is 11.5. The number of carbonyl (C=O) groups is 1. The van der Waals surface area contributed by atoms with Crippen molar-refractivity contribution >= 4 is 21.8 Å². The predicted molar refractivity (Wildman–Crippen MR) is 62.2 cm³/mol. The number of nitrogens with zero attached hydrogens (tertiary/aromatic N) is 2. The minimum absolute atomic E-state index is 0.0770. The quantitative estimate of drug-likeness (QED) is 0.886. The molecule has 16 heavy (non-hydrogen) atoms. The van der Waals surface area contributed by atoms with E-state index in [1.165, 1.54) is 0 Å². The van der Waals surface area contributed by atoms with Gasteiger partial charge in [-0.1, -0.05) is 0 Å². The van der Waals surface area contributed by atoms with Crippen molar-refractivity contribution in [2.24, 2.45) is 7.05 Å². The Hall–Kier alpha value is -0.880. The molecule has 1 aromatic heterocycles. The van der Waals surface area contributed by atoms with Crippen molar-refractivity contribution < 1.29 is 9.53 Å². The van der Waals surface area contributed by atoms with Crippen LogP contribution in [0, 0.1) is 0 Å². The summed E-state index contributed by atoms with van der Waals surface area (Å²) in [5.74, 6) is -0.0770. The number of amides is 1. The molecule has 2 rings (SSSR count). The molecule has 1 aliphatic heterocycles. The van der Waals surface area contributed by atoms with Crippen LogP contribution in [0.1, 0.15) is 23.2 Å². The predicted octanol–water partition coefficient (Wildman–Crippen LogP) is 1.09. The summed E-state index contributed by atoms with van der Waals surface area (Å²) in [6.07, 6.45) is 3.33. The molecular formula is C10H14BrN3O2. The summed E-state index contributed by atoms with van der Waals surface area (Å²) in [6.45, 7) is 1.44. The Morgan fingerprint density at radius 2 is 2.31 bits per heavy atom. The van der Waals surface area contributed by atoms with Crippen LogP contribution in [0.4, 0.5) is 0 Å². The van der Waals surface area contributed by atoms with Crippen LogP contribution in [-0.4, -0.2) is 34.9 Å². The molecule has 0 spiro atoms. The molecule has 0 bridgehead atoms. The largest absolute Gasteiger partial charge is 0.381 e. The molecule has 88 valence electrons. The summed E-state index contributed by atoms with van der Waals surface area (Å²) in [5, 5.41) is 7.00. The summed E-state index contributed by atoms with van der Waals surface area (Å²) in [6, 6.07) is 0.216. The Bertz CT molecular complexity index is 385. The molecule has 0 saturated carbocycles. The first-order valence-electron chi connectivity index (χ1n) is 5.24. The molecule has 0 unspecified atom stereocenters. The third-order valence-corrected chi connectivity index (χ3v) is 3.61. The van der Waals surface area contributed by atoms with E-state index >= 15 is 0 Å². The van der Waals surface area contributed by atoms with Crippen LogP contribution in [0.2, 0.25) is 0 Å². The molecule has 0 radical (unpaired) electrons. The molecule has 0 aromatic carbocycles. The van der Waals surface area contributed by atoms with E-state index in [-0.39, 0.29) is 11.9 Å². The zero-order valence-electron chi connectivity index (χ0n) is 9.07. The molecule has 6 heteroatoms. The monoisotopic (exact) mass is 287 g/mol. The van der Waals surface area contributed by atoms with E-state index in [1.807, 2.05) is 0 Å². The van der Waals surface area contributed by atoms with Gasteiger partial charge in [0, 0.05) is 26.3 Å². The maximum atomic E-state index is 11.9. The number of aryl methyl sites for hydroxylation is 1. The van der Waals surface area contributed by atoms with E-state index in [0.29, 0.717) is 10.2 Å². The van der Waals surface area contributed by atoms with Crippen molar-refractivity contribution in [3.63, 3.8) is 0 Å². The van der Waals surface area contributed by atoms with Crippen molar-refractivity contribution in [1.82, 2.24) is 15.1 Å². The van der Waals surface area contributed by atoms with E-state index in [0.717, 1.165) is 26.1 Å². The van der Waals surface area contributed by atoms with Crippen LogP contribution < -0.4 is 5.32 Å². The normalized spacial score (nSPS) is 17.4. The highest BCUT2D eigenvalue weighted by Crippen LogP contribution is 2.15. The van der Waals surface area contributed by atoms with Crippen molar-refractivity contribution in [2.75, 3.05) is 13.2 Å². The molecule has 1 N–H and O–H groups in total. The summed E-state index contributed by atoms with van der Waals surface area (Å²) < 4.78 is 7.57. The fraction of sp³-hybridized carbons (Fsp3) is 0.600. The lowest BCUT2D eigenvalue weighted by molar-refractivity contribution is 0.0696. The summed E-state index contributed by atoms with van der Waals surface area (Å²) in [5.41, 5.74) is 0.578. The van der Waals surface area contributed by atoms with Crippen LogP contribution in [0.25, 0.3) is 0 Å². The lowest BCUT2D eigenvalue weighted by Gasteiger charge is -2.22. The van der Waals surface area contributed by atoms with Crippen LogP contribution in [0.15, 0.2) is 10.8 Å². The van der Waals surface area contributed by atoms with Gasteiger partial charge in [-0.3, -0.25) is 9.48 Å². The molecule has 5 nitrogen and oxygen atoms in total. The van der Waals surface area contributed by atoms with Gasteiger partial charge in [0.1, 0.15) is 4.60 Å². The highest BCUT2D eigenvalue weighted by atomic mass is 79.9. The molecule has 1 aromatic rings. The highest BCUT2D eigenvalue weighted by molar-refractivity contribution is 9.10. The SMILES string of the molecule is Cn1ncc(C(=O)NC2CCOCC2)c1Br. The standard InChI is InChI=1S/C10H14BrN3O2/c1-14-9(11)8(6-12-14)10(15)13-7-2-4-16-5-3-7/h6-7H,2-5H2,1H3,(H,13,15). The van der Waals surface area contributed by atoms with Crippen LogP contribution in [0.5, 0.6) is 0 Å². The number of rotatable bonds is 2. The second kappa shape index (κ2) is 4.97. The number of aromatic nitrogens is 2. The summed E-state index contributed by atoms with van der Waals surface area (Å²) >= 11 is 3.33. The van der Waals surface area contributed by atoms with Crippen LogP contribution >= 0.6 is 15.9 Å². The smallest absolute Gasteiger partial charge is 0.255 e. The van der Waals surface area contributed by atoms with E-state index in [2.05, 4.69) is 26.3 Å². The number of ether oxygens (including phenoxy) is 1. The van der Waals surface area contributed by atoms with Crippen molar-refractivity contribution in [3.8, 4) is 0 Å². The Kier molecular flexibility index (Phi) is 3.60. The fourth-order valence-corrected chi connectivity index (χ4v) is 2.05. The second-order valence-corrected chi connectivity index (χ2v) is 4.58. The summed E-state index contributed by atoms with van der Waals surface area (Å²) in [4.78, 5) is 11.9. The lowest BCUT2D eigenvalue weighted by atomic mass is 10.1. The van der Waals surface area contributed by atoms with Crippen molar-refractivity contribution in [1.29, 1.82) is 0 Å². The van der Waals surface area contributed by atoms with Gasteiger partial charge in [0.25, 0.3) is 5.91 Å². The average Bonchev–Trinajstić information content (AvgIpc) is 2.61.